The van der Waals surface area contributed by atoms with E-state index in [1.807, 2.05) is 6.92 Å². The van der Waals surface area contributed by atoms with Crippen LogP contribution in [0.25, 0.3) is 0 Å². The first kappa shape index (κ1) is 23.2. The summed E-state index contributed by atoms with van der Waals surface area (Å²) in [6.07, 6.45) is -0.630. The number of carbonyl (C=O) groups is 3. The van der Waals surface area contributed by atoms with Crippen molar-refractivity contribution in [1.29, 1.82) is 0 Å². The van der Waals surface area contributed by atoms with Gasteiger partial charge in [-0.25, -0.2) is 0 Å². The number of aliphatic hydroxyl groups is 1. The second kappa shape index (κ2) is 9.88. The van der Waals surface area contributed by atoms with E-state index >= 15 is 0 Å². The van der Waals surface area contributed by atoms with Crippen molar-refractivity contribution in [3.05, 3.63) is 28.2 Å². The molecule has 0 aromatic carbocycles. The SMILES string of the molecule is CC[C@H](C)[C@H](NC(=O)Cn1c(C)ccc(N)c1=O)C(=O)N[C@H](C(N)=O)[C@@H](C)O. The quantitative estimate of drug-likeness (QED) is 0.345. The summed E-state index contributed by atoms with van der Waals surface area (Å²) in [5.74, 6) is -2.38. The Morgan fingerprint density at radius 1 is 1.18 bits per heavy atom. The largest absolute Gasteiger partial charge is 0.394 e. The number of nitrogens with two attached hydrogens (primary N) is 2. The summed E-state index contributed by atoms with van der Waals surface area (Å²) in [7, 11) is 0. The summed E-state index contributed by atoms with van der Waals surface area (Å²) in [4.78, 5) is 48.6. The van der Waals surface area contributed by atoms with Gasteiger partial charge in [0.15, 0.2) is 0 Å². The number of aromatic nitrogens is 1. The molecule has 1 heterocycles. The summed E-state index contributed by atoms with van der Waals surface area (Å²) in [6.45, 7) is 6.26. The highest BCUT2D eigenvalue weighted by molar-refractivity contribution is 5.92. The Morgan fingerprint density at radius 3 is 2.29 bits per heavy atom. The lowest BCUT2D eigenvalue weighted by Gasteiger charge is -2.27. The number of aryl methyl sites for hydroxylation is 1. The predicted molar refractivity (Wildman–Crippen MR) is 104 cm³/mol. The molecule has 10 nitrogen and oxygen atoms in total. The summed E-state index contributed by atoms with van der Waals surface area (Å²) >= 11 is 0. The second-order valence-corrected chi connectivity index (χ2v) is 6.88. The third kappa shape index (κ3) is 5.81. The van der Waals surface area contributed by atoms with E-state index < -0.39 is 41.5 Å². The lowest BCUT2D eigenvalue weighted by Crippen LogP contribution is -2.58. The second-order valence-electron chi connectivity index (χ2n) is 6.88. The molecule has 0 saturated carbocycles. The predicted octanol–water partition coefficient (Wildman–Crippen LogP) is -1.38. The van der Waals surface area contributed by atoms with Gasteiger partial charge in [-0.3, -0.25) is 19.2 Å². The Balaban J connectivity index is 2.99. The molecule has 0 spiro atoms. The number of primary amides is 1. The number of aliphatic hydroxyl groups excluding tert-OH is 1. The van der Waals surface area contributed by atoms with E-state index in [9.17, 15) is 24.3 Å². The maximum absolute atomic E-state index is 12.6. The molecular weight excluding hydrogens is 366 g/mol. The van der Waals surface area contributed by atoms with Gasteiger partial charge < -0.3 is 31.8 Å². The lowest BCUT2D eigenvalue weighted by atomic mass is 9.97. The fourth-order valence-corrected chi connectivity index (χ4v) is 2.62. The van der Waals surface area contributed by atoms with Crippen LogP contribution < -0.4 is 27.7 Å². The summed E-state index contributed by atoms with van der Waals surface area (Å²) in [6, 6.07) is 0.815. The van der Waals surface area contributed by atoms with Crippen LogP contribution in [0.5, 0.6) is 0 Å². The molecule has 3 amide bonds. The molecule has 28 heavy (non-hydrogen) atoms. The molecule has 0 unspecified atom stereocenters. The minimum absolute atomic E-state index is 0.0100. The number of nitrogen functional groups attached to an aromatic ring is 1. The highest BCUT2D eigenvalue weighted by atomic mass is 16.3. The number of anilines is 1. The zero-order valence-electron chi connectivity index (χ0n) is 16.6. The van der Waals surface area contributed by atoms with Gasteiger partial charge in [-0.2, -0.15) is 0 Å². The van der Waals surface area contributed by atoms with Gasteiger partial charge in [0.25, 0.3) is 5.56 Å². The van der Waals surface area contributed by atoms with Crippen molar-refractivity contribution >= 4 is 23.4 Å². The van der Waals surface area contributed by atoms with E-state index in [1.54, 1.807) is 19.9 Å². The molecule has 0 bridgehead atoms. The van der Waals surface area contributed by atoms with Crippen molar-refractivity contribution in [2.45, 2.75) is 58.8 Å². The average Bonchev–Trinajstić information content (AvgIpc) is 2.63. The highest BCUT2D eigenvalue weighted by Gasteiger charge is 2.31. The first-order valence-corrected chi connectivity index (χ1v) is 9.02. The smallest absolute Gasteiger partial charge is 0.274 e. The van der Waals surface area contributed by atoms with Crippen molar-refractivity contribution in [3.63, 3.8) is 0 Å². The van der Waals surface area contributed by atoms with E-state index in [1.165, 1.54) is 17.6 Å². The number of carbonyl (C=O) groups excluding carboxylic acids is 3. The monoisotopic (exact) mass is 395 g/mol. The molecule has 4 atom stereocenters. The number of hydrogen-bond acceptors (Lipinski definition) is 6. The van der Waals surface area contributed by atoms with Crippen LogP contribution in [-0.4, -0.2) is 45.6 Å². The van der Waals surface area contributed by atoms with Crippen molar-refractivity contribution in [3.8, 4) is 0 Å². The molecule has 0 radical (unpaired) electrons. The molecule has 156 valence electrons. The third-order valence-corrected chi connectivity index (χ3v) is 4.62. The first-order valence-electron chi connectivity index (χ1n) is 9.02. The topological polar surface area (TPSA) is 170 Å². The maximum Gasteiger partial charge on any atom is 0.274 e. The van der Waals surface area contributed by atoms with Crippen LogP contribution in [0.15, 0.2) is 16.9 Å². The average molecular weight is 395 g/mol. The Hall–Kier alpha value is -2.88. The number of nitrogens with one attached hydrogen (secondary N) is 2. The first-order chi connectivity index (χ1) is 13.0. The van der Waals surface area contributed by atoms with E-state index in [-0.39, 0.29) is 18.2 Å². The fourth-order valence-electron chi connectivity index (χ4n) is 2.62. The molecule has 0 saturated heterocycles. The highest BCUT2D eigenvalue weighted by Crippen LogP contribution is 2.09. The zero-order chi connectivity index (χ0) is 21.6. The Bertz CT molecular complexity index is 789. The number of hydrogen-bond donors (Lipinski definition) is 5. The van der Waals surface area contributed by atoms with Crippen LogP contribution in [0, 0.1) is 12.8 Å². The van der Waals surface area contributed by atoms with Crippen LogP contribution in [0.2, 0.25) is 0 Å². The van der Waals surface area contributed by atoms with Gasteiger partial charge in [-0.1, -0.05) is 20.3 Å². The summed E-state index contributed by atoms with van der Waals surface area (Å²) in [5, 5.41) is 14.6. The minimum atomic E-state index is -1.28. The minimum Gasteiger partial charge on any atom is -0.394 e. The van der Waals surface area contributed by atoms with Gasteiger partial charge in [0.1, 0.15) is 18.6 Å². The van der Waals surface area contributed by atoms with Gasteiger partial charge in [-0.05, 0) is 31.9 Å². The Morgan fingerprint density at radius 2 is 1.79 bits per heavy atom. The number of pyridine rings is 1. The molecular formula is C18H29N5O5. The maximum atomic E-state index is 12.6. The Kier molecular flexibility index (Phi) is 8.17. The van der Waals surface area contributed by atoms with Crippen molar-refractivity contribution < 1.29 is 19.5 Å². The molecule has 1 aromatic heterocycles. The standard InChI is InChI=1S/C18H29N5O5/c1-5-9(2)14(17(27)22-15(11(4)24)16(20)26)21-13(25)8-23-10(3)6-7-12(19)18(23)28/h6-7,9,11,14-15,24H,5,8,19H2,1-4H3,(H2,20,26)(H,21,25)(H,22,27)/t9-,11+,14-,15-/m0/s1. The molecule has 10 heteroatoms. The van der Waals surface area contributed by atoms with E-state index in [2.05, 4.69) is 10.6 Å². The van der Waals surface area contributed by atoms with Crippen LogP contribution in [0.4, 0.5) is 5.69 Å². The van der Waals surface area contributed by atoms with E-state index in [0.717, 1.165) is 0 Å². The fraction of sp³-hybridized carbons (Fsp3) is 0.556. The van der Waals surface area contributed by atoms with Crippen LogP contribution in [0.1, 0.15) is 32.9 Å². The molecule has 7 N–H and O–H groups in total. The van der Waals surface area contributed by atoms with Crippen molar-refractivity contribution in [2.24, 2.45) is 11.7 Å². The van der Waals surface area contributed by atoms with Crippen LogP contribution in [0.3, 0.4) is 0 Å². The van der Waals surface area contributed by atoms with Crippen molar-refractivity contribution in [2.75, 3.05) is 5.73 Å². The molecule has 1 rings (SSSR count). The van der Waals surface area contributed by atoms with Crippen LogP contribution in [-0.2, 0) is 20.9 Å². The molecule has 0 aliphatic carbocycles. The van der Waals surface area contributed by atoms with Crippen molar-refractivity contribution in [1.82, 2.24) is 15.2 Å². The summed E-state index contributed by atoms with van der Waals surface area (Å²) in [5.41, 5.74) is 10.8. The molecule has 1 aromatic rings. The van der Waals surface area contributed by atoms with Gasteiger partial charge in [0.05, 0.1) is 11.8 Å². The summed E-state index contributed by atoms with van der Waals surface area (Å²) < 4.78 is 1.21. The number of rotatable bonds is 9. The lowest BCUT2D eigenvalue weighted by molar-refractivity contribution is -0.134. The zero-order valence-corrected chi connectivity index (χ0v) is 16.6. The van der Waals surface area contributed by atoms with Crippen LogP contribution >= 0.6 is 0 Å². The molecule has 0 fully saturated rings. The third-order valence-electron chi connectivity index (χ3n) is 4.62. The van der Waals surface area contributed by atoms with Gasteiger partial charge in [-0.15, -0.1) is 0 Å². The van der Waals surface area contributed by atoms with Gasteiger partial charge in [0, 0.05) is 5.69 Å². The van der Waals surface area contributed by atoms with Gasteiger partial charge in [0.2, 0.25) is 17.7 Å². The Labute approximate surface area is 163 Å². The number of nitrogens with zero attached hydrogens (tertiary/aromatic N) is 1. The van der Waals surface area contributed by atoms with Gasteiger partial charge >= 0.3 is 0 Å². The molecule has 0 aliphatic heterocycles. The normalized spacial score (nSPS) is 15.2. The van der Waals surface area contributed by atoms with E-state index in [0.29, 0.717) is 12.1 Å². The van der Waals surface area contributed by atoms with E-state index in [4.69, 9.17) is 11.5 Å². The molecule has 0 aliphatic rings. The number of amides is 3.